The largest absolute Gasteiger partial charge is 0.504 e. The molecule has 0 aliphatic carbocycles. The van der Waals surface area contributed by atoms with E-state index >= 15 is 0 Å². The average molecular weight is 388 g/mol. The highest BCUT2D eigenvalue weighted by molar-refractivity contribution is 5.85. The number of aryl methyl sites for hydroxylation is 1. The Bertz CT molecular complexity index is 1160. The molecule has 2 aromatic heterocycles. The molecule has 0 bridgehead atoms. The molecule has 11 heteroatoms. The molecule has 1 aromatic carbocycles. The first kappa shape index (κ1) is 19.2. The van der Waals surface area contributed by atoms with E-state index in [1.54, 1.807) is 25.1 Å². The van der Waals surface area contributed by atoms with Crippen LogP contribution in [0, 0.1) is 0 Å². The molecule has 0 radical (unpaired) electrons. The molecule has 0 aliphatic rings. The second-order valence-electron chi connectivity index (χ2n) is 6.15. The number of nitrogens with zero attached hydrogens (tertiary/aromatic N) is 4. The summed E-state index contributed by atoms with van der Waals surface area (Å²) in [6.07, 6.45) is 0.577. The molecule has 0 spiro atoms. The van der Waals surface area contributed by atoms with Gasteiger partial charge >= 0.3 is 5.69 Å². The van der Waals surface area contributed by atoms with Gasteiger partial charge in [-0.15, -0.1) is 0 Å². The summed E-state index contributed by atoms with van der Waals surface area (Å²) in [4.78, 5) is 30.5. The van der Waals surface area contributed by atoms with Crippen LogP contribution in [-0.4, -0.2) is 48.7 Å². The fraction of sp³-hybridized carbons (Fsp3) is 0.294. The SMILES string of the molecule is COc1cccc(C=NNc2nc3c(c(=O)[nH]c(=O)n3C)n2CC(C)O)c1O. The van der Waals surface area contributed by atoms with Gasteiger partial charge in [0.2, 0.25) is 5.95 Å². The molecule has 3 aromatic rings. The molecule has 4 N–H and O–H groups in total. The molecule has 1 atom stereocenters. The van der Waals surface area contributed by atoms with Crippen molar-refractivity contribution in [3.8, 4) is 11.5 Å². The number of hydrazone groups is 1. The van der Waals surface area contributed by atoms with Gasteiger partial charge < -0.3 is 19.5 Å². The number of benzene rings is 1. The summed E-state index contributed by atoms with van der Waals surface area (Å²) in [5.74, 6) is 0.375. The minimum absolute atomic E-state index is 0.0556. The zero-order valence-corrected chi connectivity index (χ0v) is 15.5. The molecule has 148 valence electrons. The summed E-state index contributed by atoms with van der Waals surface area (Å²) >= 11 is 0. The van der Waals surface area contributed by atoms with Crippen molar-refractivity contribution >= 4 is 23.3 Å². The number of phenolic OH excluding ortho intramolecular Hbond substituents is 1. The van der Waals surface area contributed by atoms with E-state index < -0.39 is 17.4 Å². The molecule has 0 aliphatic heterocycles. The first-order chi connectivity index (χ1) is 13.3. The van der Waals surface area contributed by atoms with E-state index in [0.717, 1.165) is 0 Å². The summed E-state index contributed by atoms with van der Waals surface area (Å²) in [6, 6.07) is 4.93. The van der Waals surface area contributed by atoms with Crippen LogP contribution in [0.15, 0.2) is 32.9 Å². The number of para-hydroxylation sites is 1. The Morgan fingerprint density at radius 1 is 1.43 bits per heavy atom. The molecule has 28 heavy (non-hydrogen) atoms. The Kier molecular flexibility index (Phi) is 5.18. The molecule has 1 unspecified atom stereocenters. The molecule has 11 nitrogen and oxygen atoms in total. The van der Waals surface area contributed by atoms with Gasteiger partial charge in [0.05, 0.1) is 26.0 Å². The van der Waals surface area contributed by atoms with Gasteiger partial charge in [0.25, 0.3) is 5.56 Å². The van der Waals surface area contributed by atoms with Crippen LogP contribution in [-0.2, 0) is 13.6 Å². The number of anilines is 1. The van der Waals surface area contributed by atoms with Gasteiger partial charge in [0, 0.05) is 12.6 Å². The summed E-state index contributed by atoms with van der Waals surface area (Å²) in [7, 11) is 2.91. The van der Waals surface area contributed by atoms with Crippen LogP contribution in [0.2, 0.25) is 0 Å². The number of hydrogen-bond acceptors (Lipinski definition) is 8. The van der Waals surface area contributed by atoms with Gasteiger partial charge in [-0.25, -0.2) is 10.2 Å². The van der Waals surface area contributed by atoms with Crippen molar-refractivity contribution in [1.29, 1.82) is 0 Å². The Morgan fingerprint density at radius 2 is 2.18 bits per heavy atom. The quantitative estimate of drug-likeness (QED) is 0.342. The van der Waals surface area contributed by atoms with E-state index in [2.05, 4.69) is 20.5 Å². The molecular formula is C17H20N6O5. The van der Waals surface area contributed by atoms with Gasteiger partial charge in [-0.3, -0.25) is 14.3 Å². The number of hydrogen-bond donors (Lipinski definition) is 4. The van der Waals surface area contributed by atoms with Crippen molar-refractivity contribution in [1.82, 2.24) is 19.1 Å². The van der Waals surface area contributed by atoms with Crippen molar-refractivity contribution in [3.05, 3.63) is 44.6 Å². The van der Waals surface area contributed by atoms with Gasteiger partial charge in [0.15, 0.2) is 22.7 Å². The van der Waals surface area contributed by atoms with Crippen LogP contribution in [0.4, 0.5) is 5.95 Å². The number of nitrogens with one attached hydrogen (secondary N) is 2. The average Bonchev–Trinajstić information content (AvgIpc) is 2.99. The predicted molar refractivity (Wildman–Crippen MR) is 103 cm³/mol. The number of aromatic amines is 1. The summed E-state index contributed by atoms with van der Waals surface area (Å²) in [5.41, 5.74) is 2.14. The van der Waals surface area contributed by atoms with Crippen LogP contribution in [0.3, 0.4) is 0 Å². The summed E-state index contributed by atoms with van der Waals surface area (Å²) < 4.78 is 7.67. The second-order valence-corrected chi connectivity index (χ2v) is 6.15. The molecule has 0 saturated heterocycles. The number of aliphatic hydroxyl groups is 1. The maximum absolute atomic E-state index is 12.3. The van der Waals surface area contributed by atoms with E-state index in [9.17, 15) is 19.8 Å². The van der Waals surface area contributed by atoms with Gasteiger partial charge in [-0.05, 0) is 19.1 Å². The monoisotopic (exact) mass is 388 g/mol. The molecule has 0 fully saturated rings. The predicted octanol–water partition coefficient (Wildman–Crippen LogP) is -0.0357. The van der Waals surface area contributed by atoms with Crippen LogP contribution in [0.25, 0.3) is 11.2 Å². The van der Waals surface area contributed by atoms with Crippen molar-refractivity contribution in [2.45, 2.75) is 19.6 Å². The summed E-state index contributed by atoms with van der Waals surface area (Å²) in [6.45, 7) is 1.61. The number of H-pyrrole nitrogens is 1. The third-order valence-corrected chi connectivity index (χ3v) is 4.07. The second kappa shape index (κ2) is 7.56. The van der Waals surface area contributed by atoms with Gasteiger partial charge in [-0.1, -0.05) is 6.07 Å². The van der Waals surface area contributed by atoms with Crippen LogP contribution < -0.4 is 21.4 Å². The summed E-state index contributed by atoms with van der Waals surface area (Å²) in [5, 5.41) is 23.9. The van der Waals surface area contributed by atoms with Crippen LogP contribution >= 0.6 is 0 Å². The number of imidazole rings is 1. The lowest BCUT2D eigenvalue weighted by Crippen LogP contribution is -2.29. The maximum atomic E-state index is 12.3. The Balaban J connectivity index is 2.03. The lowest BCUT2D eigenvalue weighted by atomic mass is 10.2. The van der Waals surface area contributed by atoms with Crippen molar-refractivity contribution in [2.24, 2.45) is 12.1 Å². The minimum Gasteiger partial charge on any atom is -0.504 e. The first-order valence-corrected chi connectivity index (χ1v) is 8.36. The number of ether oxygens (including phenoxy) is 1. The standard InChI is InChI=1S/C17H20N6O5/c1-9(24)8-23-12-14(22(2)17(27)20-15(12)26)19-16(23)21-18-7-10-5-4-6-11(28-3)13(10)25/h4-7,9,24-25H,8H2,1-3H3,(H,19,21)(H,20,26,27). The number of aromatic hydroxyl groups is 1. The van der Waals surface area contributed by atoms with Crippen molar-refractivity contribution < 1.29 is 14.9 Å². The molecule has 0 saturated carbocycles. The molecular weight excluding hydrogens is 368 g/mol. The van der Waals surface area contributed by atoms with E-state index in [1.165, 1.54) is 29.5 Å². The lowest BCUT2D eigenvalue weighted by Gasteiger charge is -2.10. The molecule has 3 rings (SSSR count). The third kappa shape index (κ3) is 3.47. The smallest absolute Gasteiger partial charge is 0.329 e. The fourth-order valence-electron chi connectivity index (χ4n) is 2.73. The topological polar surface area (TPSA) is 147 Å². The van der Waals surface area contributed by atoms with Gasteiger partial charge in [-0.2, -0.15) is 10.1 Å². The molecule has 2 heterocycles. The highest BCUT2D eigenvalue weighted by Crippen LogP contribution is 2.28. The highest BCUT2D eigenvalue weighted by Gasteiger charge is 2.18. The van der Waals surface area contributed by atoms with Gasteiger partial charge in [0.1, 0.15) is 0 Å². The van der Waals surface area contributed by atoms with Crippen molar-refractivity contribution in [3.63, 3.8) is 0 Å². The van der Waals surface area contributed by atoms with Crippen LogP contribution in [0.1, 0.15) is 12.5 Å². The fourth-order valence-corrected chi connectivity index (χ4v) is 2.73. The van der Waals surface area contributed by atoms with E-state index in [4.69, 9.17) is 4.74 Å². The Labute approximate surface area is 158 Å². The Morgan fingerprint density at radius 3 is 2.86 bits per heavy atom. The maximum Gasteiger partial charge on any atom is 0.329 e. The normalized spacial score (nSPS) is 12.6. The number of fused-ring (bicyclic) bond motifs is 1. The highest BCUT2D eigenvalue weighted by atomic mass is 16.5. The Hall–Kier alpha value is -3.60. The number of rotatable bonds is 6. The van der Waals surface area contributed by atoms with Crippen LogP contribution in [0.5, 0.6) is 11.5 Å². The zero-order chi connectivity index (χ0) is 20.4. The van der Waals surface area contributed by atoms with E-state index in [1.807, 2.05) is 0 Å². The number of phenols is 1. The zero-order valence-electron chi connectivity index (χ0n) is 15.5. The van der Waals surface area contributed by atoms with E-state index in [0.29, 0.717) is 11.3 Å². The number of aliphatic hydroxyl groups excluding tert-OH is 1. The first-order valence-electron chi connectivity index (χ1n) is 8.36. The number of aromatic nitrogens is 4. The molecule has 0 amide bonds. The minimum atomic E-state index is -0.777. The lowest BCUT2D eigenvalue weighted by molar-refractivity contribution is 0.175. The van der Waals surface area contributed by atoms with Crippen molar-refractivity contribution in [2.75, 3.05) is 12.5 Å². The third-order valence-electron chi connectivity index (χ3n) is 4.07. The number of methoxy groups -OCH3 is 1. The van der Waals surface area contributed by atoms with E-state index in [-0.39, 0.29) is 29.4 Å².